The van der Waals surface area contributed by atoms with Crippen molar-refractivity contribution in [1.29, 1.82) is 0 Å². The van der Waals surface area contributed by atoms with Crippen LogP contribution in [0.5, 0.6) is 0 Å². The maximum atomic E-state index is 6.08. The first-order valence-corrected chi connectivity index (χ1v) is 10.9. The van der Waals surface area contributed by atoms with E-state index in [0.29, 0.717) is 12.3 Å². The number of hydrogen-bond acceptors (Lipinski definition) is 2. The summed E-state index contributed by atoms with van der Waals surface area (Å²) < 4.78 is 6.08. The second-order valence-corrected chi connectivity index (χ2v) is 10.4. The van der Waals surface area contributed by atoms with Gasteiger partial charge in [-0.05, 0) is 23.9 Å². The molecule has 138 valence electrons. The second-order valence-electron chi connectivity index (χ2n) is 8.12. The van der Waals surface area contributed by atoms with Gasteiger partial charge in [0.15, 0.2) is 0 Å². The van der Waals surface area contributed by atoms with Crippen molar-refractivity contribution in [3.8, 4) is 0 Å². The molecule has 1 aliphatic carbocycles. The van der Waals surface area contributed by atoms with E-state index in [1.807, 2.05) is 0 Å². The van der Waals surface area contributed by atoms with E-state index < -0.39 is 7.92 Å². The summed E-state index contributed by atoms with van der Waals surface area (Å²) in [5.41, 5.74) is 1.64. The van der Waals surface area contributed by atoms with E-state index in [4.69, 9.17) is 9.73 Å². The topological polar surface area (TPSA) is 21.6 Å². The predicted octanol–water partition coefficient (Wildman–Crippen LogP) is 4.83. The molecule has 0 amide bonds. The molecule has 27 heavy (non-hydrogen) atoms. The Morgan fingerprint density at radius 3 is 2.04 bits per heavy atom. The Labute approximate surface area is 163 Å². The Balaban J connectivity index is 1.71. The van der Waals surface area contributed by atoms with Crippen LogP contribution in [-0.2, 0) is 4.74 Å². The molecule has 4 rings (SSSR count). The van der Waals surface area contributed by atoms with Gasteiger partial charge in [-0.25, -0.2) is 4.99 Å². The van der Waals surface area contributed by atoms with Crippen LogP contribution in [0.2, 0.25) is 0 Å². The summed E-state index contributed by atoms with van der Waals surface area (Å²) in [4.78, 5) is 4.96. The summed E-state index contributed by atoms with van der Waals surface area (Å²) in [6, 6.07) is 21.9. The zero-order valence-corrected chi connectivity index (χ0v) is 17.1. The van der Waals surface area contributed by atoms with Gasteiger partial charge in [-0.15, -0.1) is 0 Å². The van der Waals surface area contributed by atoms with Gasteiger partial charge in [0.05, 0.1) is 6.04 Å². The number of allylic oxidation sites excluding steroid dienone is 3. The third-order valence-corrected chi connectivity index (χ3v) is 7.85. The summed E-state index contributed by atoms with van der Waals surface area (Å²) in [6.07, 6.45) is 6.67. The molecular weight excluding hydrogens is 349 g/mol. The van der Waals surface area contributed by atoms with Gasteiger partial charge in [0.1, 0.15) is 6.61 Å². The third-order valence-electron chi connectivity index (χ3n) is 5.13. The average Bonchev–Trinajstić information content (AvgIpc) is 3.33. The maximum absolute atomic E-state index is 6.08. The van der Waals surface area contributed by atoms with Gasteiger partial charge < -0.3 is 4.74 Å². The predicted molar refractivity (Wildman–Crippen MR) is 117 cm³/mol. The van der Waals surface area contributed by atoms with Crippen molar-refractivity contribution in [2.24, 2.45) is 10.4 Å². The molecular formula is C24H26NOP. The average molecular weight is 375 g/mol. The van der Waals surface area contributed by atoms with Crippen LogP contribution in [0.25, 0.3) is 0 Å². The lowest BCUT2D eigenvalue weighted by Gasteiger charge is -2.26. The molecule has 1 aliphatic heterocycles. The van der Waals surface area contributed by atoms with E-state index in [0.717, 1.165) is 5.90 Å². The summed E-state index contributed by atoms with van der Waals surface area (Å²) in [6.45, 7) is 7.37. The summed E-state index contributed by atoms with van der Waals surface area (Å²) >= 11 is 0. The van der Waals surface area contributed by atoms with E-state index in [1.165, 1.54) is 16.2 Å². The van der Waals surface area contributed by atoms with Gasteiger partial charge in [0.25, 0.3) is 0 Å². The van der Waals surface area contributed by atoms with E-state index in [2.05, 4.69) is 99.7 Å². The van der Waals surface area contributed by atoms with Crippen LogP contribution in [0.1, 0.15) is 20.8 Å². The Bertz CT molecular complexity index is 838. The van der Waals surface area contributed by atoms with Gasteiger partial charge in [-0.1, -0.05) is 99.7 Å². The molecule has 2 aromatic carbocycles. The fourth-order valence-corrected chi connectivity index (χ4v) is 6.19. The summed E-state index contributed by atoms with van der Waals surface area (Å²) in [5.74, 6) is 0.837. The minimum absolute atomic E-state index is 0.118. The number of nitrogens with zero attached hydrogens (tertiary/aromatic N) is 1. The molecule has 2 aromatic rings. The highest BCUT2D eigenvalue weighted by Crippen LogP contribution is 2.46. The Kier molecular flexibility index (Phi) is 5.02. The first-order valence-electron chi connectivity index (χ1n) is 9.53. The van der Waals surface area contributed by atoms with Crippen LogP contribution in [0, 0.1) is 5.41 Å². The lowest BCUT2D eigenvalue weighted by molar-refractivity contribution is 0.235. The molecule has 0 saturated carbocycles. The van der Waals surface area contributed by atoms with Crippen LogP contribution >= 0.6 is 7.92 Å². The van der Waals surface area contributed by atoms with Crippen molar-refractivity contribution in [1.82, 2.24) is 0 Å². The molecule has 0 bridgehead atoms. The second kappa shape index (κ2) is 7.44. The molecule has 0 aromatic heterocycles. The van der Waals surface area contributed by atoms with Crippen molar-refractivity contribution < 1.29 is 4.74 Å². The monoisotopic (exact) mass is 375 g/mol. The molecule has 0 fully saturated rings. The molecule has 2 aliphatic rings. The van der Waals surface area contributed by atoms with Crippen LogP contribution < -0.4 is 10.6 Å². The minimum atomic E-state index is -0.566. The smallest absolute Gasteiger partial charge is 0.213 e. The summed E-state index contributed by atoms with van der Waals surface area (Å²) in [5, 5.41) is 2.76. The first-order chi connectivity index (χ1) is 13.0. The Morgan fingerprint density at radius 2 is 1.52 bits per heavy atom. The van der Waals surface area contributed by atoms with Gasteiger partial charge in [0.2, 0.25) is 5.90 Å². The molecule has 0 saturated heterocycles. The van der Waals surface area contributed by atoms with Crippen molar-refractivity contribution in [2.75, 3.05) is 6.61 Å². The van der Waals surface area contributed by atoms with Crippen LogP contribution in [0.3, 0.4) is 0 Å². The van der Waals surface area contributed by atoms with Crippen LogP contribution in [0.4, 0.5) is 0 Å². The zero-order chi connectivity index (χ0) is 18.9. The molecule has 0 unspecified atom stereocenters. The SMILES string of the molecule is CC(C)(C)[C@H]1COC(C2=CC=C[C@@H]2P(c2ccccc2)c2ccccc2)=N1. The highest BCUT2D eigenvalue weighted by molar-refractivity contribution is 7.74. The molecule has 3 heteroatoms. The lowest BCUT2D eigenvalue weighted by atomic mass is 9.88. The van der Waals surface area contributed by atoms with Crippen LogP contribution in [0.15, 0.2) is 89.5 Å². The number of benzene rings is 2. The quantitative estimate of drug-likeness (QED) is 0.702. The van der Waals surface area contributed by atoms with Gasteiger partial charge in [-0.3, -0.25) is 0 Å². The number of aliphatic imine (C=N–C) groups is 1. The standard InChI is InChI=1S/C24H26NOP/c1-24(2,3)22-17-26-23(25-22)20-15-10-16-21(20)27(18-11-6-4-7-12-18)19-13-8-5-9-14-19/h4-16,21-22H,17H2,1-3H3/t21-,22+/m0/s1. The number of hydrogen-bond donors (Lipinski definition) is 0. The zero-order valence-electron chi connectivity index (χ0n) is 16.2. The van der Waals surface area contributed by atoms with E-state index in [-0.39, 0.29) is 11.5 Å². The Morgan fingerprint density at radius 1 is 0.926 bits per heavy atom. The van der Waals surface area contributed by atoms with Crippen molar-refractivity contribution in [3.05, 3.63) is 84.5 Å². The molecule has 2 nitrogen and oxygen atoms in total. The fraction of sp³-hybridized carbons (Fsp3) is 0.292. The third kappa shape index (κ3) is 3.77. The van der Waals surface area contributed by atoms with Gasteiger partial charge in [0, 0.05) is 11.2 Å². The van der Waals surface area contributed by atoms with Crippen molar-refractivity contribution in [2.45, 2.75) is 32.5 Å². The molecule has 1 heterocycles. The van der Waals surface area contributed by atoms with Gasteiger partial charge in [-0.2, -0.15) is 0 Å². The molecule has 0 N–H and O–H groups in total. The van der Waals surface area contributed by atoms with Crippen molar-refractivity contribution in [3.63, 3.8) is 0 Å². The Hall–Kier alpha value is -2.18. The lowest BCUT2D eigenvalue weighted by Crippen LogP contribution is -2.25. The highest BCUT2D eigenvalue weighted by atomic mass is 31.1. The minimum Gasteiger partial charge on any atom is -0.475 e. The number of ether oxygens (including phenoxy) is 1. The number of rotatable bonds is 4. The maximum Gasteiger partial charge on any atom is 0.213 e. The van der Waals surface area contributed by atoms with Crippen molar-refractivity contribution >= 4 is 24.4 Å². The fourth-order valence-electron chi connectivity index (χ4n) is 3.51. The van der Waals surface area contributed by atoms with E-state index in [9.17, 15) is 0 Å². The van der Waals surface area contributed by atoms with E-state index >= 15 is 0 Å². The molecule has 2 atom stereocenters. The molecule has 0 radical (unpaired) electrons. The normalized spacial score (nSPS) is 21.9. The van der Waals surface area contributed by atoms with Gasteiger partial charge >= 0.3 is 0 Å². The largest absolute Gasteiger partial charge is 0.475 e. The first kappa shape index (κ1) is 18.2. The van der Waals surface area contributed by atoms with Crippen LogP contribution in [-0.4, -0.2) is 24.2 Å². The highest BCUT2D eigenvalue weighted by Gasteiger charge is 2.36. The summed E-state index contributed by atoms with van der Waals surface area (Å²) in [7, 11) is -0.566. The van der Waals surface area contributed by atoms with E-state index in [1.54, 1.807) is 0 Å². The molecule has 0 spiro atoms.